The Labute approximate surface area is 113 Å². The van der Waals surface area contributed by atoms with Gasteiger partial charge in [0.15, 0.2) is 0 Å². The fourth-order valence-electron chi connectivity index (χ4n) is 1.42. The molecule has 0 aliphatic heterocycles. The standard InChI is InChI=1S/C12H19N3O3S/c1-3-7-19(17,18)15-11-6-4-5-10(8-11)14-12(16)9(2)13/h4-6,8-9,15H,3,7,13H2,1-2H3,(H,14,16)/t9-/m0/s1. The zero-order chi connectivity index (χ0) is 14.5. The lowest BCUT2D eigenvalue weighted by Gasteiger charge is -2.11. The van der Waals surface area contributed by atoms with E-state index in [1.807, 2.05) is 0 Å². The first kappa shape index (κ1) is 15.5. The van der Waals surface area contributed by atoms with E-state index in [1.165, 1.54) is 0 Å². The van der Waals surface area contributed by atoms with E-state index in [0.29, 0.717) is 17.8 Å². The Hall–Kier alpha value is -1.60. The van der Waals surface area contributed by atoms with E-state index in [9.17, 15) is 13.2 Å². The first-order valence-corrected chi connectivity index (χ1v) is 7.66. The van der Waals surface area contributed by atoms with Crippen molar-refractivity contribution in [2.24, 2.45) is 5.73 Å². The molecule has 106 valence electrons. The second-order valence-electron chi connectivity index (χ2n) is 4.28. The van der Waals surface area contributed by atoms with Crippen molar-refractivity contribution in [3.8, 4) is 0 Å². The van der Waals surface area contributed by atoms with Gasteiger partial charge < -0.3 is 11.1 Å². The highest BCUT2D eigenvalue weighted by Crippen LogP contribution is 2.16. The summed E-state index contributed by atoms with van der Waals surface area (Å²) in [4.78, 5) is 11.4. The Balaban J connectivity index is 2.80. The molecule has 0 saturated carbocycles. The van der Waals surface area contributed by atoms with Gasteiger partial charge in [-0.25, -0.2) is 8.42 Å². The molecule has 6 nitrogen and oxygen atoms in total. The lowest BCUT2D eigenvalue weighted by atomic mass is 10.2. The van der Waals surface area contributed by atoms with Gasteiger partial charge in [-0.15, -0.1) is 0 Å². The van der Waals surface area contributed by atoms with E-state index in [1.54, 1.807) is 38.1 Å². The average Bonchev–Trinajstić information content (AvgIpc) is 2.28. The average molecular weight is 285 g/mol. The molecule has 1 rings (SSSR count). The normalized spacial score (nSPS) is 12.8. The smallest absolute Gasteiger partial charge is 0.240 e. The predicted molar refractivity (Wildman–Crippen MR) is 76.4 cm³/mol. The van der Waals surface area contributed by atoms with Crippen molar-refractivity contribution >= 4 is 27.3 Å². The van der Waals surface area contributed by atoms with E-state index in [-0.39, 0.29) is 11.7 Å². The topological polar surface area (TPSA) is 101 Å². The number of hydrogen-bond donors (Lipinski definition) is 3. The summed E-state index contributed by atoms with van der Waals surface area (Å²) in [7, 11) is -3.33. The molecule has 7 heteroatoms. The van der Waals surface area contributed by atoms with Gasteiger partial charge in [-0.1, -0.05) is 13.0 Å². The highest BCUT2D eigenvalue weighted by Gasteiger charge is 2.10. The van der Waals surface area contributed by atoms with Crippen LogP contribution in [0.15, 0.2) is 24.3 Å². The summed E-state index contributed by atoms with van der Waals surface area (Å²) >= 11 is 0. The monoisotopic (exact) mass is 285 g/mol. The number of rotatable bonds is 6. The maximum Gasteiger partial charge on any atom is 0.240 e. The number of nitrogens with one attached hydrogen (secondary N) is 2. The van der Waals surface area contributed by atoms with Crippen molar-refractivity contribution in [1.82, 2.24) is 0 Å². The van der Waals surface area contributed by atoms with Crippen molar-refractivity contribution in [3.05, 3.63) is 24.3 Å². The SMILES string of the molecule is CCCS(=O)(=O)Nc1cccc(NC(=O)[C@H](C)N)c1. The minimum Gasteiger partial charge on any atom is -0.325 e. The molecular weight excluding hydrogens is 266 g/mol. The van der Waals surface area contributed by atoms with Crippen LogP contribution in [0.25, 0.3) is 0 Å². The summed E-state index contributed by atoms with van der Waals surface area (Å²) in [5.74, 6) is -0.266. The van der Waals surface area contributed by atoms with E-state index in [4.69, 9.17) is 5.73 Å². The molecule has 0 aliphatic rings. The van der Waals surface area contributed by atoms with Crippen LogP contribution in [-0.2, 0) is 14.8 Å². The summed E-state index contributed by atoms with van der Waals surface area (Å²) in [6, 6.07) is 5.86. The lowest BCUT2D eigenvalue weighted by Crippen LogP contribution is -2.32. The maximum atomic E-state index is 11.6. The van der Waals surface area contributed by atoms with E-state index in [0.717, 1.165) is 0 Å². The molecule has 0 bridgehead atoms. The molecule has 0 unspecified atom stereocenters. The Morgan fingerprint density at radius 3 is 2.58 bits per heavy atom. The number of anilines is 2. The van der Waals surface area contributed by atoms with Gasteiger partial charge in [0.2, 0.25) is 15.9 Å². The van der Waals surface area contributed by atoms with Crippen molar-refractivity contribution in [2.75, 3.05) is 15.8 Å². The minimum atomic E-state index is -3.33. The van der Waals surface area contributed by atoms with Gasteiger partial charge in [0, 0.05) is 5.69 Å². The minimum absolute atomic E-state index is 0.0589. The number of amides is 1. The van der Waals surface area contributed by atoms with Crippen LogP contribution in [0.2, 0.25) is 0 Å². The van der Waals surface area contributed by atoms with E-state index in [2.05, 4.69) is 10.0 Å². The van der Waals surface area contributed by atoms with Crippen LogP contribution in [0, 0.1) is 0 Å². The van der Waals surface area contributed by atoms with Crippen LogP contribution in [0.1, 0.15) is 20.3 Å². The number of carbonyl (C=O) groups is 1. The van der Waals surface area contributed by atoms with Crippen LogP contribution < -0.4 is 15.8 Å². The highest BCUT2D eigenvalue weighted by molar-refractivity contribution is 7.92. The van der Waals surface area contributed by atoms with Gasteiger partial charge in [0.1, 0.15) is 0 Å². The van der Waals surface area contributed by atoms with Crippen LogP contribution in [-0.4, -0.2) is 26.1 Å². The molecule has 0 aliphatic carbocycles. The van der Waals surface area contributed by atoms with Crippen LogP contribution in [0.4, 0.5) is 11.4 Å². The summed E-state index contributed by atoms with van der Waals surface area (Å²) in [5, 5.41) is 2.60. The highest BCUT2D eigenvalue weighted by atomic mass is 32.2. The fourth-order valence-corrected chi connectivity index (χ4v) is 2.54. The Bertz CT molecular complexity index is 541. The molecule has 1 atom stereocenters. The number of benzene rings is 1. The zero-order valence-electron chi connectivity index (χ0n) is 11.0. The molecule has 0 fully saturated rings. The Kier molecular flexibility index (Phi) is 5.31. The molecule has 0 aromatic heterocycles. The zero-order valence-corrected chi connectivity index (χ0v) is 11.8. The molecule has 0 radical (unpaired) electrons. The number of nitrogens with two attached hydrogens (primary N) is 1. The van der Waals surface area contributed by atoms with Crippen molar-refractivity contribution in [2.45, 2.75) is 26.3 Å². The molecule has 1 aromatic carbocycles. The third kappa shape index (κ3) is 5.27. The Morgan fingerprint density at radius 1 is 1.37 bits per heavy atom. The van der Waals surface area contributed by atoms with Crippen molar-refractivity contribution in [3.63, 3.8) is 0 Å². The Morgan fingerprint density at radius 2 is 2.00 bits per heavy atom. The molecule has 1 amide bonds. The molecule has 0 heterocycles. The molecule has 0 spiro atoms. The first-order valence-electron chi connectivity index (χ1n) is 6.01. The molecule has 4 N–H and O–H groups in total. The summed E-state index contributed by atoms with van der Waals surface area (Å²) in [6.45, 7) is 3.36. The first-order chi connectivity index (χ1) is 8.84. The molecular formula is C12H19N3O3S. The van der Waals surface area contributed by atoms with Gasteiger partial charge in [-0.3, -0.25) is 9.52 Å². The molecule has 1 aromatic rings. The van der Waals surface area contributed by atoms with Crippen molar-refractivity contribution in [1.29, 1.82) is 0 Å². The van der Waals surface area contributed by atoms with Gasteiger partial charge in [-0.2, -0.15) is 0 Å². The summed E-state index contributed by atoms with van der Waals surface area (Å²) in [5.41, 5.74) is 6.35. The number of hydrogen-bond acceptors (Lipinski definition) is 4. The summed E-state index contributed by atoms with van der Waals surface area (Å²) in [6.07, 6.45) is 0.538. The number of carbonyl (C=O) groups excluding carboxylic acids is 1. The second-order valence-corrected chi connectivity index (χ2v) is 6.12. The number of sulfonamides is 1. The third-order valence-electron chi connectivity index (χ3n) is 2.29. The fraction of sp³-hybridized carbons (Fsp3) is 0.417. The quantitative estimate of drug-likeness (QED) is 0.729. The van der Waals surface area contributed by atoms with Crippen LogP contribution in [0.3, 0.4) is 0 Å². The van der Waals surface area contributed by atoms with E-state index < -0.39 is 16.1 Å². The van der Waals surface area contributed by atoms with Crippen LogP contribution in [0.5, 0.6) is 0 Å². The van der Waals surface area contributed by atoms with E-state index >= 15 is 0 Å². The van der Waals surface area contributed by atoms with Gasteiger partial charge in [-0.05, 0) is 31.5 Å². The van der Waals surface area contributed by atoms with Gasteiger partial charge in [0.25, 0.3) is 0 Å². The predicted octanol–water partition coefficient (Wildman–Crippen LogP) is 1.12. The van der Waals surface area contributed by atoms with Crippen molar-refractivity contribution < 1.29 is 13.2 Å². The summed E-state index contributed by atoms with van der Waals surface area (Å²) < 4.78 is 25.7. The third-order valence-corrected chi connectivity index (χ3v) is 3.78. The largest absolute Gasteiger partial charge is 0.325 e. The van der Waals surface area contributed by atoms with Gasteiger partial charge in [0.05, 0.1) is 17.5 Å². The second kappa shape index (κ2) is 6.53. The molecule has 19 heavy (non-hydrogen) atoms. The maximum absolute atomic E-state index is 11.6. The molecule has 0 saturated heterocycles. The van der Waals surface area contributed by atoms with Crippen LogP contribution >= 0.6 is 0 Å². The van der Waals surface area contributed by atoms with Gasteiger partial charge >= 0.3 is 0 Å². The lowest BCUT2D eigenvalue weighted by molar-refractivity contribution is -0.117.